The smallest absolute Gasteiger partial charge is 0.352 e. The normalized spacial score (nSPS) is 10.9. The van der Waals surface area contributed by atoms with Crippen molar-refractivity contribution >= 4 is 40.2 Å². The number of carboxylic acid groups (broad SMARTS) is 1. The van der Waals surface area contributed by atoms with E-state index in [0.717, 1.165) is 0 Å². The summed E-state index contributed by atoms with van der Waals surface area (Å²) in [6.07, 6.45) is 1.33. The van der Waals surface area contributed by atoms with Gasteiger partial charge in [-0.3, -0.25) is 9.59 Å². The molecule has 1 aromatic heterocycles. The van der Waals surface area contributed by atoms with Gasteiger partial charge in [0.15, 0.2) is 0 Å². The predicted molar refractivity (Wildman–Crippen MR) is 68.1 cm³/mol. The molecule has 0 saturated heterocycles. The molecule has 0 aromatic carbocycles. The van der Waals surface area contributed by atoms with Crippen molar-refractivity contribution in [1.82, 2.24) is 5.32 Å². The van der Waals surface area contributed by atoms with Crippen LogP contribution in [-0.2, 0) is 14.4 Å². The number of aliphatic carboxylic acids is 1. The van der Waals surface area contributed by atoms with E-state index in [1.807, 2.05) is 0 Å². The Morgan fingerprint density at radius 1 is 1.22 bits per heavy atom. The fourth-order valence-electron chi connectivity index (χ4n) is 1.15. The summed E-state index contributed by atoms with van der Waals surface area (Å²) in [4.78, 5) is 33.1. The molecule has 1 aromatic rings. The molecule has 0 radical (unpaired) electrons. The largest absolute Gasteiger partial charge is 0.477 e. The summed E-state index contributed by atoms with van der Waals surface area (Å²) < 4.78 is 0. The third kappa shape index (κ3) is 4.38. The lowest BCUT2D eigenvalue weighted by Crippen LogP contribution is -2.24. The summed E-state index contributed by atoms with van der Waals surface area (Å²) in [7, 11) is 0. The average Bonchev–Trinajstić information content (AvgIpc) is 2.62. The number of hydrogen-bond acceptors (Lipinski definition) is 4. The van der Waals surface area contributed by atoms with Crippen LogP contribution in [0.3, 0.4) is 0 Å². The Hall–Kier alpha value is -2.15. The molecule has 0 atom stereocenters. The van der Waals surface area contributed by atoms with Gasteiger partial charge in [-0.1, -0.05) is 0 Å². The molecule has 18 heavy (non-hydrogen) atoms. The molecule has 0 aliphatic carbocycles. The van der Waals surface area contributed by atoms with Gasteiger partial charge in [0.25, 0.3) is 0 Å². The summed E-state index contributed by atoms with van der Waals surface area (Å²) in [5.74, 6) is -1.88. The standard InChI is InChI=1S/C11H12N2O4S/c1-6(14)12-9(11(16)17)5-8-3-4-10(18-8)13-7(2)15/h3-5H,1-2H3,(H,12,14)(H,13,15)(H,16,17). The van der Waals surface area contributed by atoms with Crippen molar-refractivity contribution in [3.63, 3.8) is 0 Å². The minimum absolute atomic E-state index is 0.201. The Morgan fingerprint density at radius 3 is 2.39 bits per heavy atom. The summed E-state index contributed by atoms with van der Waals surface area (Å²) in [5, 5.41) is 14.3. The predicted octanol–water partition coefficient (Wildman–Crippen LogP) is 1.27. The third-order valence-corrected chi connectivity index (χ3v) is 2.70. The van der Waals surface area contributed by atoms with Crippen molar-refractivity contribution in [3.8, 4) is 0 Å². The minimum Gasteiger partial charge on any atom is -0.477 e. The van der Waals surface area contributed by atoms with E-state index in [2.05, 4.69) is 10.6 Å². The lowest BCUT2D eigenvalue weighted by Gasteiger charge is -2.01. The Bertz CT molecular complexity index is 519. The van der Waals surface area contributed by atoms with Crippen molar-refractivity contribution in [2.45, 2.75) is 13.8 Å². The van der Waals surface area contributed by atoms with Gasteiger partial charge in [0.05, 0.1) is 5.00 Å². The summed E-state index contributed by atoms with van der Waals surface area (Å²) in [5.41, 5.74) is -0.210. The van der Waals surface area contributed by atoms with E-state index >= 15 is 0 Å². The molecular formula is C11H12N2O4S. The molecule has 0 saturated carbocycles. The van der Waals surface area contributed by atoms with Gasteiger partial charge in [-0.05, 0) is 18.2 Å². The number of carbonyl (C=O) groups is 3. The van der Waals surface area contributed by atoms with E-state index in [9.17, 15) is 14.4 Å². The third-order valence-electron chi connectivity index (χ3n) is 1.75. The zero-order valence-electron chi connectivity index (χ0n) is 9.81. The number of carboxylic acids is 1. The second kappa shape index (κ2) is 5.97. The first-order valence-corrected chi connectivity index (χ1v) is 5.80. The molecule has 0 unspecified atom stereocenters. The number of nitrogens with one attached hydrogen (secondary N) is 2. The second-order valence-electron chi connectivity index (χ2n) is 3.43. The van der Waals surface area contributed by atoms with E-state index in [4.69, 9.17) is 5.11 Å². The highest BCUT2D eigenvalue weighted by molar-refractivity contribution is 7.17. The SMILES string of the molecule is CC(=O)NC(=Cc1ccc(NC(C)=O)s1)C(=O)O. The van der Waals surface area contributed by atoms with Crippen molar-refractivity contribution < 1.29 is 19.5 Å². The molecule has 0 aliphatic heterocycles. The van der Waals surface area contributed by atoms with Gasteiger partial charge in [0.1, 0.15) is 5.70 Å². The fraction of sp³-hybridized carbons (Fsp3) is 0.182. The Kier molecular flexibility index (Phi) is 4.61. The van der Waals surface area contributed by atoms with Gasteiger partial charge < -0.3 is 15.7 Å². The zero-order chi connectivity index (χ0) is 13.7. The molecular weight excluding hydrogens is 256 g/mol. The van der Waals surface area contributed by atoms with Gasteiger partial charge >= 0.3 is 5.97 Å². The topological polar surface area (TPSA) is 95.5 Å². The number of thiophene rings is 1. The minimum atomic E-state index is -1.22. The maximum atomic E-state index is 10.9. The monoisotopic (exact) mass is 268 g/mol. The second-order valence-corrected chi connectivity index (χ2v) is 4.54. The summed E-state index contributed by atoms with van der Waals surface area (Å²) >= 11 is 1.21. The van der Waals surface area contributed by atoms with Crippen LogP contribution in [0.15, 0.2) is 17.8 Å². The van der Waals surface area contributed by atoms with Crippen LogP contribution >= 0.6 is 11.3 Å². The molecule has 3 N–H and O–H groups in total. The van der Waals surface area contributed by atoms with Crippen LogP contribution < -0.4 is 10.6 Å². The van der Waals surface area contributed by atoms with Crippen LogP contribution in [0.1, 0.15) is 18.7 Å². The van der Waals surface area contributed by atoms with Crippen LogP contribution in [0, 0.1) is 0 Å². The number of anilines is 1. The first-order valence-electron chi connectivity index (χ1n) is 4.98. The highest BCUT2D eigenvalue weighted by Gasteiger charge is 2.09. The van der Waals surface area contributed by atoms with Crippen LogP contribution in [0.2, 0.25) is 0 Å². The first-order chi connectivity index (χ1) is 8.38. The summed E-state index contributed by atoms with van der Waals surface area (Å²) in [6.45, 7) is 2.61. The lowest BCUT2D eigenvalue weighted by atomic mass is 10.3. The van der Waals surface area contributed by atoms with Gasteiger partial charge in [0.2, 0.25) is 11.8 Å². The van der Waals surface area contributed by atoms with E-state index in [-0.39, 0.29) is 11.6 Å². The molecule has 0 aliphatic rings. The van der Waals surface area contributed by atoms with Gasteiger partial charge in [-0.15, -0.1) is 11.3 Å². The van der Waals surface area contributed by atoms with Crippen LogP contribution in [0.4, 0.5) is 5.00 Å². The molecule has 1 rings (SSSR count). The van der Waals surface area contributed by atoms with Gasteiger partial charge in [-0.25, -0.2) is 4.79 Å². The fourth-order valence-corrected chi connectivity index (χ4v) is 2.05. The summed E-state index contributed by atoms with van der Waals surface area (Å²) in [6, 6.07) is 3.31. The number of amides is 2. The van der Waals surface area contributed by atoms with Crippen LogP contribution in [0.5, 0.6) is 0 Å². The molecule has 7 heteroatoms. The van der Waals surface area contributed by atoms with Crippen LogP contribution in [0.25, 0.3) is 6.08 Å². The maximum Gasteiger partial charge on any atom is 0.352 e. The van der Waals surface area contributed by atoms with E-state index in [1.54, 1.807) is 12.1 Å². The Labute approximate surface area is 107 Å². The molecule has 2 amide bonds. The van der Waals surface area contributed by atoms with Crippen molar-refractivity contribution in [2.24, 2.45) is 0 Å². The molecule has 6 nitrogen and oxygen atoms in total. The zero-order valence-corrected chi connectivity index (χ0v) is 10.6. The van der Waals surface area contributed by atoms with E-state index in [0.29, 0.717) is 9.88 Å². The Morgan fingerprint density at radius 2 is 1.89 bits per heavy atom. The maximum absolute atomic E-state index is 10.9. The Balaban J connectivity index is 2.91. The number of hydrogen-bond donors (Lipinski definition) is 3. The molecule has 0 spiro atoms. The van der Waals surface area contributed by atoms with Gasteiger partial charge in [-0.2, -0.15) is 0 Å². The number of carbonyl (C=O) groups excluding carboxylic acids is 2. The van der Waals surface area contributed by atoms with Crippen LogP contribution in [-0.4, -0.2) is 22.9 Å². The quantitative estimate of drug-likeness (QED) is 0.716. The van der Waals surface area contributed by atoms with Gasteiger partial charge in [0, 0.05) is 18.7 Å². The van der Waals surface area contributed by atoms with Crippen molar-refractivity contribution in [1.29, 1.82) is 0 Å². The average molecular weight is 268 g/mol. The molecule has 1 heterocycles. The van der Waals surface area contributed by atoms with Crippen molar-refractivity contribution in [3.05, 3.63) is 22.7 Å². The van der Waals surface area contributed by atoms with E-state index < -0.39 is 11.9 Å². The first kappa shape index (κ1) is 13.9. The molecule has 96 valence electrons. The molecule has 0 fully saturated rings. The lowest BCUT2D eigenvalue weighted by molar-refractivity contribution is -0.134. The number of rotatable bonds is 4. The molecule has 0 bridgehead atoms. The van der Waals surface area contributed by atoms with E-state index in [1.165, 1.54) is 31.3 Å². The highest BCUT2D eigenvalue weighted by Crippen LogP contribution is 2.23. The highest BCUT2D eigenvalue weighted by atomic mass is 32.1. The van der Waals surface area contributed by atoms with Crippen molar-refractivity contribution in [2.75, 3.05) is 5.32 Å².